The van der Waals surface area contributed by atoms with Gasteiger partial charge in [0.25, 0.3) is 5.19 Å². The van der Waals surface area contributed by atoms with Gasteiger partial charge in [-0.3, -0.25) is 0 Å². The monoisotopic (exact) mass is 249 g/mol. The Morgan fingerprint density at radius 2 is 2.12 bits per heavy atom. The summed E-state index contributed by atoms with van der Waals surface area (Å²) in [5.41, 5.74) is 4.30. The van der Waals surface area contributed by atoms with E-state index in [2.05, 4.69) is 24.9 Å². The number of aliphatic hydroxyl groups is 1. The maximum Gasteiger partial charge on any atom is 0.273 e. The van der Waals surface area contributed by atoms with Crippen molar-refractivity contribution in [1.82, 2.24) is 4.98 Å². The minimum Gasteiger partial charge on any atom is -0.473 e. The lowest BCUT2D eigenvalue weighted by Gasteiger charge is -2.07. The fraction of sp³-hybridized carbons (Fsp3) is 0.308. The molecule has 90 valence electrons. The summed E-state index contributed by atoms with van der Waals surface area (Å²) in [6.45, 7) is 4.13. The Morgan fingerprint density at radius 1 is 1.35 bits per heavy atom. The Balaban J connectivity index is 2.59. The van der Waals surface area contributed by atoms with E-state index in [1.54, 1.807) is 7.11 Å². The maximum absolute atomic E-state index is 9.36. The molecule has 1 aromatic heterocycles. The van der Waals surface area contributed by atoms with Crippen LogP contribution in [0.2, 0.25) is 0 Å². The van der Waals surface area contributed by atoms with Crippen molar-refractivity contribution in [3.63, 3.8) is 0 Å². The number of methoxy groups -OCH3 is 1. The average molecular weight is 249 g/mol. The molecule has 0 bridgehead atoms. The van der Waals surface area contributed by atoms with E-state index in [9.17, 15) is 5.11 Å². The first-order valence-corrected chi connectivity index (χ1v) is 6.20. The van der Waals surface area contributed by atoms with E-state index >= 15 is 0 Å². The Kier molecular flexibility index (Phi) is 3.45. The number of ether oxygens (including phenoxy) is 1. The van der Waals surface area contributed by atoms with E-state index in [0.717, 1.165) is 16.1 Å². The van der Waals surface area contributed by atoms with Gasteiger partial charge in [0.05, 0.1) is 24.3 Å². The third kappa shape index (κ3) is 2.18. The van der Waals surface area contributed by atoms with Gasteiger partial charge in [-0.15, -0.1) is 0 Å². The van der Waals surface area contributed by atoms with E-state index in [0.29, 0.717) is 5.19 Å². The molecule has 0 saturated carbocycles. The van der Waals surface area contributed by atoms with Gasteiger partial charge in [0.15, 0.2) is 0 Å². The van der Waals surface area contributed by atoms with Crippen LogP contribution in [0, 0.1) is 13.8 Å². The fourth-order valence-corrected chi connectivity index (χ4v) is 2.49. The maximum atomic E-state index is 9.36. The van der Waals surface area contributed by atoms with E-state index in [4.69, 9.17) is 4.74 Å². The summed E-state index contributed by atoms with van der Waals surface area (Å²) in [6, 6.07) is 6.10. The number of aryl methyl sites for hydroxylation is 1. The van der Waals surface area contributed by atoms with E-state index in [-0.39, 0.29) is 6.61 Å². The molecule has 2 aromatic rings. The van der Waals surface area contributed by atoms with Gasteiger partial charge in [-0.05, 0) is 25.0 Å². The second-order valence-electron chi connectivity index (χ2n) is 3.86. The van der Waals surface area contributed by atoms with Crippen LogP contribution in [0.1, 0.15) is 16.0 Å². The molecule has 1 N–H and O–H groups in total. The molecule has 2 rings (SSSR count). The fourth-order valence-electron chi connectivity index (χ4n) is 1.74. The molecular weight excluding hydrogens is 234 g/mol. The molecule has 0 aliphatic rings. The molecule has 0 atom stereocenters. The van der Waals surface area contributed by atoms with Gasteiger partial charge in [0.2, 0.25) is 0 Å². The molecular formula is C13H15NO2S. The van der Waals surface area contributed by atoms with Crippen molar-refractivity contribution in [2.75, 3.05) is 7.11 Å². The molecule has 0 saturated heterocycles. The minimum absolute atomic E-state index is 0.0102. The standard InChI is InChI=1S/C13H15NO2S/c1-8-5-4-6-10(9(8)2)12-11(7-15)17-13(14-12)16-3/h4-6,15H,7H2,1-3H3. The molecule has 0 aliphatic carbocycles. The predicted octanol–water partition coefficient (Wildman–Crippen LogP) is 2.93. The van der Waals surface area contributed by atoms with Crippen LogP contribution in [0.15, 0.2) is 18.2 Å². The van der Waals surface area contributed by atoms with Crippen molar-refractivity contribution in [2.45, 2.75) is 20.5 Å². The van der Waals surface area contributed by atoms with E-state index < -0.39 is 0 Å². The molecule has 3 nitrogen and oxygen atoms in total. The van der Waals surface area contributed by atoms with E-state index in [1.165, 1.54) is 22.5 Å². The van der Waals surface area contributed by atoms with Crippen molar-refractivity contribution in [3.8, 4) is 16.5 Å². The number of thiazole rings is 1. The number of hydrogen-bond acceptors (Lipinski definition) is 4. The van der Waals surface area contributed by atoms with Crippen LogP contribution in [0.25, 0.3) is 11.3 Å². The average Bonchev–Trinajstić information content (AvgIpc) is 2.76. The molecule has 0 aliphatic heterocycles. The Bertz CT molecular complexity index is 534. The van der Waals surface area contributed by atoms with Gasteiger partial charge in [-0.25, -0.2) is 4.98 Å². The number of rotatable bonds is 3. The molecule has 17 heavy (non-hydrogen) atoms. The van der Waals surface area contributed by atoms with Crippen LogP contribution in [-0.4, -0.2) is 17.2 Å². The summed E-state index contributed by atoms with van der Waals surface area (Å²) in [4.78, 5) is 5.25. The molecule has 1 aromatic carbocycles. The first-order chi connectivity index (χ1) is 8.17. The number of aromatic nitrogens is 1. The lowest BCUT2D eigenvalue weighted by molar-refractivity contribution is 0.286. The minimum atomic E-state index is -0.0102. The summed E-state index contributed by atoms with van der Waals surface area (Å²) in [5.74, 6) is 0. The van der Waals surface area contributed by atoms with Gasteiger partial charge in [0.1, 0.15) is 0 Å². The number of benzene rings is 1. The second kappa shape index (κ2) is 4.85. The Morgan fingerprint density at radius 3 is 2.76 bits per heavy atom. The molecule has 0 unspecified atom stereocenters. The molecule has 1 heterocycles. The van der Waals surface area contributed by atoms with Crippen molar-refractivity contribution in [1.29, 1.82) is 0 Å². The highest BCUT2D eigenvalue weighted by atomic mass is 32.1. The summed E-state index contributed by atoms with van der Waals surface area (Å²) in [7, 11) is 1.59. The Labute approximate surface area is 105 Å². The second-order valence-corrected chi connectivity index (χ2v) is 4.91. The van der Waals surface area contributed by atoms with Crippen LogP contribution < -0.4 is 4.74 Å². The molecule has 0 amide bonds. The summed E-state index contributed by atoms with van der Waals surface area (Å²) < 4.78 is 5.13. The highest BCUT2D eigenvalue weighted by Crippen LogP contribution is 2.34. The van der Waals surface area contributed by atoms with Gasteiger partial charge in [0, 0.05) is 5.56 Å². The SMILES string of the molecule is COc1nc(-c2cccc(C)c2C)c(CO)s1. The van der Waals surface area contributed by atoms with Crippen LogP contribution in [0.3, 0.4) is 0 Å². The van der Waals surface area contributed by atoms with Crippen LogP contribution in [0.5, 0.6) is 5.19 Å². The quantitative estimate of drug-likeness (QED) is 0.909. The smallest absolute Gasteiger partial charge is 0.273 e. The zero-order valence-corrected chi connectivity index (χ0v) is 11.0. The largest absolute Gasteiger partial charge is 0.473 e. The topological polar surface area (TPSA) is 42.4 Å². The highest BCUT2D eigenvalue weighted by Gasteiger charge is 2.15. The van der Waals surface area contributed by atoms with Gasteiger partial charge in [-0.2, -0.15) is 0 Å². The summed E-state index contributed by atoms with van der Waals surface area (Å²) in [5, 5.41) is 9.95. The molecule has 0 fully saturated rings. The van der Waals surface area contributed by atoms with Crippen molar-refractivity contribution in [3.05, 3.63) is 34.2 Å². The van der Waals surface area contributed by atoms with Gasteiger partial charge < -0.3 is 9.84 Å². The third-order valence-electron chi connectivity index (χ3n) is 2.86. The number of hydrogen-bond donors (Lipinski definition) is 1. The third-order valence-corrected chi connectivity index (χ3v) is 3.86. The summed E-state index contributed by atoms with van der Waals surface area (Å²) >= 11 is 1.39. The summed E-state index contributed by atoms with van der Waals surface area (Å²) in [6.07, 6.45) is 0. The Hall–Kier alpha value is -1.39. The van der Waals surface area contributed by atoms with Gasteiger partial charge in [-0.1, -0.05) is 29.5 Å². The van der Waals surface area contributed by atoms with Crippen molar-refractivity contribution >= 4 is 11.3 Å². The number of nitrogens with zero attached hydrogens (tertiary/aromatic N) is 1. The van der Waals surface area contributed by atoms with E-state index in [1.807, 2.05) is 12.1 Å². The van der Waals surface area contributed by atoms with Crippen LogP contribution in [-0.2, 0) is 6.61 Å². The van der Waals surface area contributed by atoms with Crippen LogP contribution in [0.4, 0.5) is 0 Å². The van der Waals surface area contributed by atoms with Crippen molar-refractivity contribution < 1.29 is 9.84 Å². The van der Waals surface area contributed by atoms with Crippen LogP contribution >= 0.6 is 11.3 Å². The highest BCUT2D eigenvalue weighted by molar-refractivity contribution is 7.13. The zero-order valence-electron chi connectivity index (χ0n) is 10.2. The normalized spacial score (nSPS) is 10.6. The lowest BCUT2D eigenvalue weighted by atomic mass is 10.0. The first kappa shape index (κ1) is 12.1. The van der Waals surface area contributed by atoms with Gasteiger partial charge >= 0.3 is 0 Å². The predicted molar refractivity (Wildman–Crippen MR) is 69.5 cm³/mol. The first-order valence-electron chi connectivity index (χ1n) is 5.38. The van der Waals surface area contributed by atoms with Crippen molar-refractivity contribution in [2.24, 2.45) is 0 Å². The molecule has 0 radical (unpaired) electrons. The molecule has 0 spiro atoms. The number of aliphatic hydroxyl groups excluding tert-OH is 1. The lowest BCUT2D eigenvalue weighted by Crippen LogP contribution is -1.91. The molecule has 4 heteroatoms. The zero-order chi connectivity index (χ0) is 12.4.